The molecule has 1 amide bonds. The molecule has 0 saturated carbocycles. The Kier molecular flexibility index (Phi) is 4.23. The zero-order chi connectivity index (χ0) is 14.7. The highest BCUT2D eigenvalue weighted by molar-refractivity contribution is 8.00. The van der Waals surface area contributed by atoms with Crippen molar-refractivity contribution in [2.45, 2.75) is 24.3 Å². The minimum Gasteiger partial charge on any atom is -0.368 e. The number of nitrogens with zero attached hydrogens (tertiary/aromatic N) is 2. The average Bonchev–Trinajstić information content (AvgIpc) is 2.79. The summed E-state index contributed by atoms with van der Waals surface area (Å²) in [7, 11) is 0. The Labute approximate surface area is 119 Å². The highest BCUT2D eigenvalue weighted by atomic mass is 32.2. The van der Waals surface area contributed by atoms with Crippen LogP contribution in [0.2, 0.25) is 0 Å². The number of aromatic nitrogens is 3. The van der Waals surface area contributed by atoms with E-state index in [9.17, 15) is 9.18 Å². The van der Waals surface area contributed by atoms with E-state index >= 15 is 0 Å². The van der Waals surface area contributed by atoms with Gasteiger partial charge in [0.05, 0.1) is 5.25 Å². The van der Waals surface area contributed by atoms with E-state index in [-0.39, 0.29) is 17.7 Å². The summed E-state index contributed by atoms with van der Waals surface area (Å²) in [5.41, 5.74) is 6.35. The second-order valence-electron chi connectivity index (χ2n) is 4.22. The topological polar surface area (TPSA) is 96.7 Å². The molecule has 106 valence electrons. The fourth-order valence-electron chi connectivity index (χ4n) is 1.44. The number of hydrogen-bond acceptors (Lipinski definition) is 5. The molecule has 20 heavy (non-hydrogen) atoms. The van der Waals surface area contributed by atoms with E-state index in [2.05, 4.69) is 20.5 Å². The van der Waals surface area contributed by atoms with Crippen molar-refractivity contribution in [3.8, 4) is 0 Å². The van der Waals surface area contributed by atoms with Crippen molar-refractivity contribution in [3.63, 3.8) is 0 Å². The van der Waals surface area contributed by atoms with E-state index in [1.165, 1.54) is 6.07 Å². The van der Waals surface area contributed by atoms with Gasteiger partial charge in [-0.3, -0.25) is 4.79 Å². The van der Waals surface area contributed by atoms with Crippen LogP contribution in [0.25, 0.3) is 0 Å². The molecule has 1 aromatic heterocycles. The van der Waals surface area contributed by atoms with E-state index < -0.39 is 5.25 Å². The quantitative estimate of drug-likeness (QED) is 0.749. The van der Waals surface area contributed by atoms with Gasteiger partial charge in [-0.2, -0.15) is 4.98 Å². The number of rotatable bonds is 4. The molecular formula is C12H14FN5OS. The molecule has 1 atom stereocenters. The second-order valence-corrected chi connectivity index (χ2v) is 5.52. The molecule has 4 N–H and O–H groups in total. The molecule has 1 unspecified atom stereocenters. The SMILES string of the molecule is Cc1ccc(NC(=O)C(C)Sc2n[nH]c(N)n2)cc1F. The Balaban J connectivity index is 1.98. The fraction of sp³-hybridized carbons (Fsp3) is 0.250. The van der Waals surface area contributed by atoms with Crippen LogP contribution in [0.1, 0.15) is 12.5 Å². The van der Waals surface area contributed by atoms with Crippen molar-refractivity contribution >= 4 is 29.3 Å². The number of carbonyl (C=O) groups is 1. The Morgan fingerprint density at radius 1 is 1.55 bits per heavy atom. The molecule has 0 aliphatic rings. The van der Waals surface area contributed by atoms with Crippen LogP contribution in [0.15, 0.2) is 23.4 Å². The maximum atomic E-state index is 13.4. The van der Waals surface area contributed by atoms with Crippen LogP contribution in [0.5, 0.6) is 0 Å². The van der Waals surface area contributed by atoms with Gasteiger partial charge >= 0.3 is 0 Å². The van der Waals surface area contributed by atoms with Crippen LogP contribution < -0.4 is 11.1 Å². The number of nitrogens with two attached hydrogens (primary N) is 1. The fourth-order valence-corrected chi connectivity index (χ4v) is 2.17. The van der Waals surface area contributed by atoms with Gasteiger partial charge < -0.3 is 11.1 Å². The van der Waals surface area contributed by atoms with Crippen molar-refractivity contribution < 1.29 is 9.18 Å². The molecule has 1 heterocycles. The van der Waals surface area contributed by atoms with Crippen LogP contribution in [-0.2, 0) is 4.79 Å². The van der Waals surface area contributed by atoms with Gasteiger partial charge in [0.2, 0.25) is 17.0 Å². The zero-order valence-electron chi connectivity index (χ0n) is 11.0. The van der Waals surface area contributed by atoms with Gasteiger partial charge in [-0.1, -0.05) is 17.8 Å². The van der Waals surface area contributed by atoms with Gasteiger partial charge in [-0.25, -0.2) is 9.49 Å². The number of carbonyl (C=O) groups excluding carboxylic acids is 1. The monoisotopic (exact) mass is 295 g/mol. The lowest BCUT2D eigenvalue weighted by Crippen LogP contribution is -2.22. The van der Waals surface area contributed by atoms with Crippen LogP contribution in [-0.4, -0.2) is 26.3 Å². The van der Waals surface area contributed by atoms with Gasteiger partial charge in [0, 0.05) is 5.69 Å². The minimum absolute atomic E-state index is 0.195. The van der Waals surface area contributed by atoms with E-state index in [0.717, 1.165) is 11.8 Å². The molecule has 0 aliphatic heterocycles. The number of anilines is 2. The van der Waals surface area contributed by atoms with Crippen molar-refractivity contribution in [2.24, 2.45) is 0 Å². The van der Waals surface area contributed by atoms with Crippen molar-refractivity contribution in [3.05, 3.63) is 29.6 Å². The number of aryl methyl sites for hydroxylation is 1. The summed E-state index contributed by atoms with van der Waals surface area (Å²) in [4.78, 5) is 15.9. The molecule has 0 spiro atoms. The number of nitrogen functional groups attached to an aromatic ring is 1. The Bertz CT molecular complexity index is 630. The third-order valence-electron chi connectivity index (χ3n) is 2.57. The maximum Gasteiger partial charge on any atom is 0.237 e. The summed E-state index contributed by atoms with van der Waals surface area (Å²) >= 11 is 1.16. The summed E-state index contributed by atoms with van der Waals surface area (Å²) in [6.07, 6.45) is 0. The number of H-pyrrole nitrogens is 1. The van der Waals surface area contributed by atoms with Crippen LogP contribution in [0, 0.1) is 12.7 Å². The smallest absolute Gasteiger partial charge is 0.237 e. The first-order valence-electron chi connectivity index (χ1n) is 5.87. The van der Waals surface area contributed by atoms with Gasteiger partial charge in [0.15, 0.2) is 0 Å². The van der Waals surface area contributed by atoms with Gasteiger partial charge in [0.1, 0.15) is 5.82 Å². The highest BCUT2D eigenvalue weighted by Crippen LogP contribution is 2.21. The van der Waals surface area contributed by atoms with Crippen LogP contribution in [0.3, 0.4) is 0 Å². The standard InChI is InChI=1S/C12H14FN5OS/c1-6-3-4-8(5-9(6)13)15-10(19)7(2)20-12-16-11(14)17-18-12/h3-5,7H,1-2H3,(H,15,19)(H3,14,16,17,18). The number of nitrogens with one attached hydrogen (secondary N) is 2. The minimum atomic E-state index is -0.436. The van der Waals surface area contributed by atoms with E-state index in [1.54, 1.807) is 26.0 Å². The third kappa shape index (κ3) is 3.47. The second kappa shape index (κ2) is 5.91. The van der Waals surface area contributed by atoms with Gasteiger partial charge in [-0.05, 0) is 31.5 Å². The first-order chi connectivity index (χ1) is 9.45. The highest BCUT2D eigenvalue weighted by Gasteiger charge is 2.17. The van der Waals surface area contributed by atoms with E-state index in [4.69, 9.17) is 5.73 Å². The summed E-state index contributed by atoms with van der Waals surface area (Å²) in [5, 5.41) is 8.92. The van der Waals surface area contributed by atoms with Crippen LogP contribution in [0.4, 0.5) is 16.0 Å². The number of halogens is 1. The Hall–Kier alpha value is -2.09. The molecule has 6 nitrogen and oxygen atoms in total. The molecular weight excluding hydrogens is 281 g/mol. The first-order valence-corrected chi connectivity index (χ1v) is 6.75. The average molecular weight is 295 g/mol. The summed E-state index contributed by atoms with van der Waals surface area (Å²) in [6, 6.07) is 4.55. The third-order valence-corrected chi connectivity index (χ3v) is 3.53. The van der Waals surface area contributed by atoms with Gasteiger partial charge in [0.25, 0.3) is 0 Å². The maximum absolute atomic E-state index is 13.4. The van der Waals surface area contributed by atoms with Gasteiger partial charge in [-0.15, -0.1) is 5.10 Å². The largest absolute Gasteiger partial charge is 0.368 e. The zero-order valence-corrected chi connectivity index (χ0v) is 11.8. The molecule has 0 fully saturated rings. The Morgan fingerprint density at radius 2 is 2.30 bits per heavy atom. The molecule has 0 bridgehead atoms. The molecule has 2 aromatic rings. The summed E-state index contributed by atoms with van der Waals surface area (Å²) in [6.45, 7) is 3.37. The Morgan fingerprint density at radius 3 is 2.90 bits per heavy atom. The number of amides is 1. The van der Waals surface area contributed by atoms with E-state index in [0.29, 0.717) is 16.4 Å². The summed E-state index contributed by atoms with van der Waals surface area (Å²) < 4.78 is 13.4. The first kappa shape index (κ1) is 14.3. The number of aromatic amines is 1. The van der Waals surface area contributed by atoms with Crippen molar-refractivity contribution in [1.29, 1.82) is 0 Å². The molecule has 2 rings (SSSR count). The van der Waals surface area contributed by atoms with Crippen molar-refractivity contribution in [1.82, 2.24) is 15.2 Å². The van der Waals surface area contributed by atoms with E-state index in [1.807, 2.05) is 0 Å². The molecule has 0 radical (unpaired) electrons. The molecule has 0 saturated heterocycles. The molecule has 1 aromatic carbocycles. The molecule has 0 aliphatic carbocycles. The number of hydrogen-bond donors (Lipinski definition) is 3. The number of thioether (sulfide) groups is 1. The normalized spacial score (nSPS) is 12.2. The number of benzene rings is 1. The summed E-state index contributed by atoms with van der Waals surface area (Å²) in [5.74, 6) is -0.424. The predicted octanol–water partition coefficient (Wildman–Crippen LogP) is 1.95. The predicted molar refractivity (Wildman–Crippen MR) is 75.9 cm³/mol. The molecule has 8 heteroatoms. The van der Waals surface area contributed by atoms with Crippen molar-refractivity contribution in [2.75, 3.05) is 11.1 Å². The lowest BCUT2D eigenvalue weighted by Gasteiger charge is -2.10. The lowest BCUT2D eigenvalue weighted by atomic mass is 10.2. The van der Waals surface area contributed by atoms with Crippen LogP contribution >= 0.6 is 11.8 Å². The lowest BCUT2D eigenvalue weighted by molar-refractivity contribution is -0.115.